The maximum Gasteiger partial charge on any atom is 0.352 e. The van der Waals surface area contributed by atoms with Gasteiger partial charge in [0.2, 0.25) is 5.91 Å². The van der Waals surface area contributed by atoms with Gasteiger partial charge in [-0.05, 0) is 6.08 Å². The number of thioether (sulfide) groups is 2. The summed E-state index contributed by atoms with van der Waals surface area (Å²) in [4.78, 5) is 28.3. The molecule has 3 heterocycles. The highest BCUT2D eigenvalue weighted by Crippen LogP contribution is 2.41. The zero-order valence-corrected chi connectivity index (χ0v) is 12.7. The molecule has 2 unspecified atom stereocenters. The topological polar surface area (TPSA) is 114 Å². The summed E-state index contributed by atoms with van der Waals surface area (Å²) < 4.78 is 1.66. The van der Waals surface area contributed by atoms with Crippen LogP contribution in [0.4, 0.5) is 0 Å². The third-order valence-electron chi connectivity index (χ3n) is 3.27. The molecule has 1 aromatic rings. The molecule has 0 aromatic carbocycles. The summed E-state index contributed by atoms with van der Waals surface area (Å²) in [6.07, 6.45) is 3.08. The van der Waals surface area contributed by atoms with E-state index in [9.17, 15) is 14.7 Å². The molecule has 3 rings (SSSR count). The molecule has 1 aromatic heterocycles. The third kappa shape index (κ3) is 2.43. The quantitative estimate of drug-likeness (QED) is 0.561. The SMILES string of the molecule is Cn1ncnc1SCC1C=C(C(=O)O)N2C(=O)C(N)[C@H]2S1. The van der Waals surface area contributed by atoms with Gasteiger partial charge in [-0.15, -0.1) is 11.8 Å². The van der Waals surface area contributed by atoms with Gasteiger partial charge in [-0.2, -0.15) is 5.10 Å². The number of nitrogens with two attached hydrogens (primary N) is 1. The van der Waals surface area contributed by atoms with Crippen molar-refractivity contribution in [2.75, 3.05) is 5.75 Å². The minimum atomic E-state index is -1.10. The van der Waals surface area contributed by atoms with Gasteiger partial charge < -0.3 is 10.8 Å². The Morgan fingerprint density at radius 3 is 3.00 bits per heavy atom. The van der Waals surface area contributed by atoms with Gasteiger partial charge in [0.1, 0.15) is 23.4 Å². The molecule has 0 aliphatic carbocycles. The van der Waals surface area contributed by atoms with E-state index in [0.717, 1.165) is 5.16 Å². The average Bonchev–Trinajstić information content (AvgIpc) is 2.88. The predicted octanol–water partition coefficient (Wildman–Crippen LogP) is -0.513. The molecule has 2 aliphatic rings. The molecule has 1 fully saturated rings. The molecular weight excluding hydrogens is 314 g/mol. The van der Waals surface area contributed by atoms with E-state index < -0.39 is 12.0 Å². The molecule has 1 saturated heterocycles. The van der Waals surface area contributed by atoms with Crippen LogP contribution in [0.3, 0.4) is 0 Å². The molecule has 0 spiro atoms. The van der Waals surface area contributed by atoms with Crippen molar-refractivity contribution in [2.24, 2.45) is 12.8 Å². The normalized spacial score (nSPS) is 27.9. The van der Waals surface area contributed by atoms with Crippen molar-refractivity contribution in [2.45, 2.75) is 21.8 Å². The van der Waals surface area contributed by atoms with Crippen LogP contribution < -0.4 is 5.73 Å². The smallest absolute Gasteiger partial charge is 0.352 e. The fourth-order valence-corrected chi connectivity index (χ4v) is 4.67. The Kier molecular flexibility index (Phi) is 3.68. The second-order valence-electron chi connectivity index (χ2n) is 4.63. The zero-order chi connectivity index (χ0) is 15.1. The van der Waals surface area contributed by atoms with Gasteiger partial charge in [0.05, 0.1) is 0 Å². The van der Waals surface area contributed by atoms with Crippen LogP contribution >= 0.6 is 23.5 Å². The molecule has 21 heavy (non-hydrogen) atoms. The molecular formula is C11H13N5O3S2. The fraction of sp³-hybridized carbons (Fsp3) is 0.455. The minimum Gasteiger partial charge on any atom is -0.477 e. The van der Waals surface area contributed by atoms with Crippen LogP contribution in [0.2, 0.25) is 0 Å². The predicted molar refractivity (Wildman–Crippen MR) is 77.4 cm³/mol. The lowest BCUT2D eigenvalue weighted by atomic mass is 10.1. The van der Waals surface area contributed by atoms with E-state index in [1.165, 1.54) is 34.8 Å². The molecule has 3 N–H and O–H groups in total. The molecule has 10 heteroatoms. The van der Waals surface area contributed by atoms with Crippen molar-refractivity contribution in [3.8, 4) is 0 Å². The molecule has 8 nitrogen and oxygen atoms in total. The Morgan fingerprint density at radius 2 is 2.38 bits per heavy atom. The molecule has 0 radical (unpaired) electrons. The number of carboxylic acids is 1. The number of β-lactam (4-membered cyclic amide) rings is 1. The van der Waals surface area contributed by atoms with E-state index in [-0.39, 0.29) is 22.2 Å². The molecule has 0 bridgehead atoms. The summed E-state index contributed by atoms with van der Waals surface area (Å²) in [6.45, 7) is 0. The number of carbonyl (C=O) groups excluding carboxylic acids is 1. The Hall–Kier alpha value is -1.52. The number of hydrogen-bond acceptors (Lipinski definition) is 7. The van der Waals surface area contributed by atoms with Crippen LogP contribution in [0, 0.1) is 0 Å². The summed E-state index contributed by atoms with van der Waals surface area (Å²) in [5.74, 6) is -0.797. The van der Waals surface area contributed by atoms with Gasteiger partial charge in [0.25, 0.3) is 0 Å². The highest BCUT2D eigenvalue weighted by Gasteiger charge is 2.51. The Morgan fingerprint density at radius 1 is 1.62 bits per heavy atom. The van der Waals surface area contributed by atoms with Crippen molar-refractivity contribution in [3.63, 3.8) is 0 Å². The lowest BCUT2D eigenvalue weighted by Gasteiger charge is -2.48. The summed E-state index contributed by atoms with van der Waals surface area (Å²) in [6, 6.07) is -0.625. The summed E-state index contributed by atoms with van der Waals surface area (Å²) in [5, 5.41) is 13.6. The highest BCUT2D eigenvalue weighted by atomic mass is 32.2. The van der Waals surface area contributed by atoms with Crippen LogP contribution in [0.15, 0.2) is 23.3 Å². The summed E-state index contributed by atoms with van der Waals surface area (Å²) >= 11 is 2.99. The number of fused-ring (bicyclic) bond motifs is 1. The number of nitrogens with zero attached hydrogens (tertiary/aromatic N) is 4. The first-order valence-corrected chi connectivity index (χ1v) is 8.08. The first-order chi connectivity index (χ1) is 9.99. The van der Waals surface area contributed by atoms with Gasteiger partial charge in [0.15, 0.2) is 5.16 Å². The van der Waals surface area contributed by atoms with Crippen molar-refractivity contribution in [1.29, 1.82) is 0 Å². The number of amides is 1. The third-order valence-corrected chi connectivity index (χ3v) is 6.07. The first-order valence-electron chi connectivity index (χ1n) is 6.15. The van der Waals surface area contributed by atoms with Gasteiger partial charge in [0, 0.05) is 18.1 Å². The van der Waals surface area contributed by atoms with Gasteiger partial charge in [-0.25, -0.2) is 14.5 Å². The van der Waals surface area contributed by atoms with Crippen molar-refractivity contribution >= 4 is 35.4 Å². The lowest BCUT2D eigenvalue weighted by molar-refractivity contribution is -0.147. The monoisotopic (exact) mass is 327 g/mol. The highest BCUT2D eigenvalue weighted by molar-refractivity contribution is 8.03. The first kappa shape index (κ1) is 14.4. The van der Waals surface area contributed by atoms with Gasteiger partial charge in [-0.3, -0.25) is 9.69 Å². The molecule has 3 atom stereocenters. The van der Waals surface area contributed by atoms with Gasteiger partial charge in [-0.1, -0.05) is 11.8 Å². The van der Waals surface area contributed by atoms with Crippen molar-refractivity contribution in [1.82, 2.24) is 19.7 Å². The van der Waals surface area contributed by atoms with Crippen molar-refractivity contribution in [3.05, 3.63) is 18.1 Å². The standard InChI is InChI=1S/C11H13N5O3S2/c1-15-11(13-4-14-15)20-3-5-2-6(10(18)19)16-8(17)7(12)9(16)21-5/h2,4-5,7,9H,3,12H2,1H3,(H,18,19)/t5?,7?,9-/m1/s1. The number of carboxylic acid groups (broad SMARTS) is 1. The van der Waals surface area contributed by atoms with Crippen molar-refractivity contribution < 1.29 is 14.7 Å². The van der Waals surface area contributed by atoms with Gasteiger partial charge >= 0.3 is 5.97 Å². The van der Waals surface area contributed by atoms with Crippen LogP contribution in [0.5, 0.6) is 0 Å². The number of aromatic nitrogens is 3. The number of aliphatic carboxylic acids is 1. The Labute approximate surface area is 128 Å². The largest absolute Gasteiger partial charge is 0.477 e. The number of hydrogen-bond donors (Lipinski definition) is 2. The summed E-state index contributed by atoms with van der Waals surface area (Å²) in [5.41, 5.74) is 5.77. The minimum absolute atomic E-state index is 0.0222. The molecule has 1 amide bonds. The maximum absolute atomic E-state index is 11.7. The van der Waals surface area contributed by atoms with E-state index in [0.29, 0.717) is 5.75 Å². The Bertz CT molecular complexity index is 631. The maximum atomic E-state index is 11.7. The number of carbonyl (C=O) groups is 2. The van der Waals surface area contributed by atoms with E-state index in [2.05, 4.69) is 10.1 Å². The Balaban J connectivity index is 1.74. The summed E-state index contributed by atoms with van der Waals surface area (Å²) in [7, 11) is 1.80. The van der Waals surface area contributed by atoms with E-state index >= 15 is 0 Å². The van der Waals surface area contributed by atoms with Crippen LogP contribution in [-0.2, 0) is 16.6 Å². The van der Waals surface area contributed by atoms with Crippen LogP contribution in [0.1, 0.15) is 0 Å². The second kappa shape index (κ2) is 5.35. The fourth-order valence-electron chi connectivity index (χ4n) is 2.20. The molecule has 2 aliphatic heterocycles. The van der Waals surface area contributed by atoms with E-state index in [1.807, 2.05) is 0 Å². The molecule has 0 saturated carbocycles. The lowest BCUT2D eigenvalue weighted by Crippen LogP contribution is -2.68. The molecule has 112 valence electrons. The van der Waals surface area contributed by atoms with E-state index in [1.54, 1.807) is 17.8 Å². The number of rotatable bonds is 4. The average molecular weight is 327 g/mol. The number of aryl methyl sites for hydroxylation is 1. The zero-order valence-electron chi connectivity index (χ0n) is 11.0. The van der Waals surface area contributed by atoms with Crippen LogP contribution in [-0.4, -0.2) is 59.1 Å². The second-order valence-corrected chi connectivity index (χ2v) is 6.98. The van der Waals surface area contributed by atoms with Crippen LogP contribution in [0.25, 0.3) is 0 Å². The van der Waals surface area contributed by atoms with E-state index in [4.69, 9.17) is 5.73 Å².